The van der Waals surface area contributed by atoms with Crippen molar-refractivity contribution in [2.45, 2.75) is 19.1 Å². The van der Waals surface area contributed by atoms with Crippen molar-refractivity contribution in [3.63, 3.8) is 0 Å². The Hall–Kier alpha value is -1.99. The van der Waals surface area contributed by atoms with Crippen LogP contribution in [0.5, 0.6) is 0 Å². The number of nitrogens with zero attached hydrogens (tertiary/aromatic N) is 3. The topological polar surface area (TPSA) is 79.4 Å². The Morgan fingerprint density at radius 1 is 1.68 bits per heavy atom. The molecule has 1 aliphatic heterocycles. The minimum Gasteiger partial charge on any atom is -0.374 e. The third-order valence-corrected chi connectivity index (χ3v) is 3.60. The third kappa shape index (κ3) is 4.78. The van der Waals surface area contributed by atoms with Gasteiger partial charge in [-0.3, -0.25) is 9.69 Å². The van der Waals surface area contributed by atoms with Crippen LogP contribution in [0.2, 0.25) is 0 Å². The van der Waals surface area contributed by atoms with Crippen molar-refractivity contribution in [1.29, 1.82) is 0 Å². The molecular formula is C15H23N5O2. The summed E-state index contributed by atoms with van der Waals surface area (Å²) >= 11 is 0. The van der Waals surface area contributed by atoms with E-state index in [1.54, 1.807) is 12.3 Å². The molecule has 1 saturated heterocycles. The highest BCUT2D eigenvalue weighted by Crippen LogP contribution is 2.10. The number of rotatable bonds is 7. The van der Waals surface area contributed by atoms with E-state index < -0.39 is 0 Å². The average Bonchev–Trinajstić information content (AvgIpc) is 2.58. The number of carbonyl (C=O) groups excluding carboxylic acids is 1. The monoisotopic (exact) mass is 305 g/mol. The van der Waals surface area contributed by atoms with Gasteiger partial charge in [0.2, 0.25) is 5.91 Å². The van der Waals surface area contributed by atoms with Crippen molar-refractivity contribution in [2.75, 3.05) is 38.1 Å². The molecule has 7 heteroatoms. The first-order valence-electron chi connectivity index (χ1n) is 7.46. The van der Waals surface area contributed by atoms with Crippen LogP contribution in [-0.4, -0.2) is 65.9 Å². The summed E-state index contributed by atoms with van der Waals surface area (Å²) in [6.07, 6.45) is 3.33. The van der Waals surface area contributed by atoms with Crippen LogP contribution in [0.3, 0.4) is 0 Å². The van der Waals surface area contributed by atoms with Crippen molar-refractivity contribution >= 4 is 11.7 Å². The molecule has 22 heavy (non-hydrogen) atoms. The number of anilines is 1. The zero-order chi connectivity index (χ0) is 15.8. The summed E-state index contributed by atoms with van der Waals surface area (Å²) in [5.74, 6) is 0.738. The highest BCUT2D eigenvalue weighted by molar-refractivity contribution is 5.81. The number of carbonyl (C=O) groups is 1. The predicted molar refractivity (Wildman–Crippen MR) is 84.5 cm³/mol. The summed E-state index contributed by atoms with van der Waals surface area (Å²) in [5, 5.41) is 13.8. The summed E-state index contributed by atoms with van der Waals surface area (Å²) in [7, 11) is 0. The van der Waals surface area contributed by atoms with E-state index >= 15 is 0 Å². The average molecular weight is 305 g/mol. The number of morpholine rings is 1. The Labute approximate surface area is 130 Å². The minimum absolute atomic E-state index is 0.0161. The Bertz CT molecular complexity index is 482. The van der Waals surface area contributed by atoms with Gasteiger partial charge in [-0.05, 0) is 19.1 Å². The maximum atomic E-state index is 12.0. The van der Waals surface area contributed by atoms with E-state index in [2.05, 4.69) is 32.3 Å². The molecule has 2 rings (SSSR count). The van der Waals surface area contributed by atoms with E-state index in [4.69, 9.17) is 4.74 Å². The van der Waals surface area contributed by atoms with Gasteiger partial charge >= 0.3 is 0 Å². The van der Waals surface area contributed by atoms with Gasteiger partial charge in [-0.25, -0.2) is 0 Å². The van der Waals surface area contributed by atoms with Gasteiger partial charge in [0.25, 0.3) is 0 Å². The van der Waals surface area contributed by atoms with Crippen LogP contribution in [0.1, 0.15) is 6.92 Å². The lowest BCUT2D eigenvalue weighted by Crippen LogP contribution is -2.53. The number of amides is 1. The summed E-state index contributed by atoms with van der Waals surface area (Å²) in [6.45, 7) is 8.72. The van der Waals surface area contributed by atoms with Gasteiger partial charge in [0.1, 0.15) is 5.82 Å². The molecule has 0 aliphatic carbocycles. The molecule has 0 bridgehead atoms. The molecule has 1 aromatic heterocycles. The van der Waals surface area contributed by atoms with Gasteiger partial charge in [-0.2, -0.15) is 5.10 Å². The lowest BCUT2D eigenvalue weighted by atomic mass is 10.2. The molecule has 0 radical (unpaired) electrons. The van der Waals surface area contributed by atoms with E-state index in [0.717, 1.165) is 12.4 Å². The fourth-order valence-corrected chi connectivity index (χ4v) is 2.32. The zero-order valence-corrected chi connectivity index (χ0v) is 12.9. The van der Waals surface area contributed by atoms with Crippen molar-refractivity contribution in [3.05, 3.63) is 31.0 Å². The van der Waals surface area contributed by atoms with Gasteiger partial charge in [-0.15, -0.1) is 11.7 Å². The lowest BCUT2D eigenvalue weighted by Gasteiger charge is -2.36. The predicted octanol–water partition coefficient (Wildman–Crippen LogP) is 0.280. The molecule has 1 amide bonds. The number of aromatic nitrogens is 2. The molecule has 7 nitrogen and oxygen atoms in total. The Morgan fingerprint density at radius 3 is 3.27 bits per heavy atom. The minimum atomic E-state index is -0.178. The van der Waals surface area contributed by atoms with Crippen LogP contribution in [0.4, 0.5) is 5.82 Å². The van der Waals surface area contributed by atoms with Crippen LogP contribution in [0.25, 0.3) is 0 Å². The Kier molecular flexibility index (Phi) is 6.29. The SMILES string of the molecule is C=CCNC(=O)[C@@H](C)N1CCO[C@H](CNc2cccnn2)C1. The molecule has 1 aliphatic rings. The highest BCUT2D eigenvalue weighted by Gasteiger charge is 2.27. The molecule has 2 heterocycles. The second-order valence-corrected chi connectivity index (χ2v) is 5.19. The standard InChI is InChI=1S/C15H23N5O2/c1-3-6-16-15(21)12(2)20-8-9-22-13(11-20)10-17-14-5-4-7-18-19-14/h3-5,7,12-13H,1,6,8-11H2,2H3,(H,16,21)(H,17,19)/t12-,13-/m1/s1. The molecular weight excluding hydrogens is 282 g/mol. The number of ether oxygens (including phenoxy) is 1. The van der Waals surface area contributed by atoms with Crippen LogP contribution < -0.4 is 10.6 Å². The summed E-state index contributed by atoms with van der Waals surface area (Å²) in [6, 6.07) is 3.51. The van der Waals surface area contributed by atoms with Crippen LogP contribution in [0, 0.1) is 0 Å². The van der Waals surface area contributed by atoms with Gasteiger partial charge < -0.3 is 15.4 Å². The second kappa shape index (κ2) is 8.45. The van der Waals surface area contributed by atoms with E-state index in [-0.39, 0.29) is 18.1 Å². The fourth-order valence-electron chi connectivity index (χ4n) is 2.32. The van der Waals surface area contributed by atoms with E-state index in [9.17, 15) is 4.79 Å². The van der Waals surface area contributed by atoms with Gasteiger partial charge in [0.15, 0.2) is 0 Å². The lowest BCUT2D eigenvalue weighted by molar-refractivity contribution is -0.128. The number of hydrogen-bond donors (Lipinski definition) is 2. The molecule has 2 N–H and O–H groups in total. The second-order valence-electron chi connectivity index (χ2n) is 5.19. The number of nitrogens with one attached hydrogen (secondary N) is 2. The largest absolute Gasteiger partial charge is 0.374 e. The quantitative estimate of drug-likeness (QED) is 0.705. The Morgan fingerprint density at radius 2 is 2.55 bits per heavy atom. The first-order chi connectivity index (χ1) is 10.7. The van der Waals surface area contributed by atoms with Gasteiger partial charge in [0.05, 0.1) is 18.8 Å². The molecule has 0 saturated carbocycles. The smallest absolute Gasteiger partial charge is 0.237 e. The maximum absolute atomic E-state index is 12.0. The van der Waals surface area contributed by atoms with Crippen molar-refractivity contribution in [1.82, 2.24) is 20.4 Å². The molecule has 0 unspecified atom stereocenters. The van der Waals surface area contributed by atoms with Crippen LogP contribution in [0.15, 0.2) is 31.0 Å². The summed E-state index contributed by atoms with van der Waals surface area (Å²) < 4.78 is 5.74. The van der Waals surface area contributed by atoms with E-state index in [1.165, 1.54) is 0 Å². The van der Waals surface area contributed by atoms with Crippen molar-refractivity contribution in [3.8, 4) is 0 Å². The Balaban J connectivity index is 1.80. The van der Waals surface area contributed by atoms with E-state index in [1.807, 2.05) is 19.1 Å². The molecule has 0 spiro atoms. The normalized spacial score (nSPS) is 20.1. The third-order valence-electron chi connectivity index (χ3n) is 3.60. The van der Waals surface area contributed by atoms with Crippen LogP contribution in [-0.2, 0) is 9.53 Å². The van der Waals surface area contributed by atoms with Gasteiger partial charge in [0, 0.05) is 32.4 Å². The molecule has 1 aromatic rings. The van der Waals surface area contributed by atoms with E-state index in [0.29, 0.717) is 26.2 Å². The highest BCUT2D eigenvalue weighted by atomic mass is 16.5. The molecule has 2 atom stereocenters. The van der Waals surface area contributed by atoms with Crippen molar-refractivity contribution in [2.24, 2.45) is 0 Å². The first kappa shape index (κ1) is 16.4. The number of hydrogen-bond acceptors (Lipinski definition) is 6. The van der Waals surface area contributed by atoms with Gasteiger partial charge in [-0.1, -0.05) is 6.08 Å². The summed E-state index contributed by atoms with van der Waals surface area (Å²) in [5.41, 5.74) is 0. The van der Waals surface area contributed by atoms with Crippen molar-refractivity contribution < 1.29 is 9.53 Å². The zero-order valence-electron chi connectivity index (χ0n) is 12.9. The fraction of sp³-hybridized carbons (Fsp3) is 0.533. The van der Waals surface area contributed by atoms with Crippen LogP contribution >= 0.6 is 0 Å². The molecule has 0 aromatic carbocycles. The molecule has 1 fully saturated rings. The first-order valence-corrected chi connectivity index (χ1v) is 7.46. The molecule has 120 valence electrons. The summed E-state index contributed by atoms with van der Waals surface area (Å²) in [4.78, 5) is 14.1. The maximum Gasteiger partial charge on any atom is 0.237 e.